The van der Waals surface area contributed by atoms with E-state index in [1.807, 2.05) is 17.0 Å². The van der Waals surface area contributed by atoms with Crippen molar-refractivity contribution in [3.05, 3.63) is 34.3 Å². The third-order valence-electron chi connectivity index (χ3n) is 5.76. The van der Waals surface area contributed by atoms with Crippen LogP contribution in [0.5, 0.6) is 0 Å². The SMILES string of the molecule is O=C(NC1CCc2cc(Cl)ccc21)N1CCC2(CCOCC2)C1. The Balaban J connectivity index is 1.40. The zero-order valence-corrected chi connectivity index (χ0v) is 14.1. The van der Waals surface area contributed by atoms with Crippen LogP contribution in [0.15, 0.2) is 18.2 Å². The molecule has 4 nitrogen and oxygen atoms in total. The van der Waals surface area contributed by atoms with Crippen LogP contribution in [0.2, 0.25) is 5.02 Å². The third kappa shape index (κ3) is 2.94. The van der Waals surface area contributed by atoms with Gasteiger partial charge in [-0.25, -0.2) is 4.79 Å². The summed E-state index contributed by atoms with van der Waals surface area (Å²) in [4.78, 5) is 14.7. The zero-order chi connectivity index (χ0) is 15.9. The number of rotatable bonds is 1. The van der Waals surface area contributed by atoms with Gasteiger partial charge in [-0.05, 0) is 60.8 Å². The minimum atomic E-state index is 0.0844. The van der Waals surface area contributed by atoms with E-state index < -0.39 is 0 Å². The maximum Gasteiger partial charge on any atom is 0.317 e. The number of hydrogen-bond donors (Lipinski definition) is 1. The van der Waals surface area contributed by atoms with Gasteiger partial charge in [-0.1, -0.05) is 17.7 Å². The molecule has 2 fully saturated rings. The number of fused-ring (bicyclic) bond motifs is 1. The third-order valence-corrected chi connectivity index (χ3v) is 5.99. The smallest absolute Gasteiger partial charge is 0.317 e. The maximum absolute atomic E-state index is 12.7. The summed E-state index contributed by atoms with van der Waals surface area (Å²) in [5.74, 6) is 0. The zero-order valence-electron chi connectivity index (χ0n) is 13.3. The number of halogens is 1. The van der Waals surface area contributed by atoms with E-state index in [2.05, 4.69) is 11.4 Å². The molecule has 3 aliphatic rings. The van der Waals surface area contributed by atoms with E-state index in [9.17, 15) is 4.79 Å². The molecule has 1 aliphatic carbocycles. The van der Waals surface area contributed by atoms with Gasteiger partial charge in [0.15, 0.2) is 0 Å². The molecule has 23 heavy (non-hydrogen) atoms. The number of nitrogens with zero attached hydrogens (tertiary/aromatic N) is 1. The lowest BCUT2D eigenvalue weighted by Crippen LogP contribution is -2.42. The molecule has 124 valence electrons. The van der Waals surface area contributed by atoms with Gasteiger partial charge in [0, 0.05) is 31.3 Å². The van der Waals surface area contributed by atoms with Crippen molar-refractivity contribution < 1.29 is 9.53 Å². The molecule has 2 amide bonds. The van der Waals surface area contributed by atoms with Gasteiger partial charge in [-0.3, -0.25) is 0 Å². The van der Waals surface area contributed by atoms with Gasteiger partial charge in [-0.2, -0.15) is 0 Å². The van der Waals surface area contributed by atoms with Crippen LogP contribution >= 0.6 is 11.6 Å². The van der Waals surface area contributed by atoms with Gasteiger partial charge < -0.3 is 15.0 Å². The van der Waals surface area contributed by atoms with Crippen LogP contribution in [-0.4, -0.2) is 37.2 Å². The van der Waals surface area contributed by atoms with Gasteiger partial charge >= 0.3 is 6.03 Å². The van der Waals surface area contributed by atoms with Crippen molar-refractivity contribution in [3.8, 4) is 0 Å². The number of ether oxygens (including phenoxy) is 1. The lowest BCUT2D eigenvalue weighted by molar-refractivity contribution is 0.0208. The van der Waals surface area contributed by atoms with Crippen molar-refractivity contribution in [1.82, 2.24) is 10.2 Å². The van der Waals surface area contributed by atoms with Crippen molar-refractivity contribution in [3.63, 3.8) is 0 Å². The molecule has 0 aromatic heterocycles. The summed E-state index contributed by atoms with van der Waals surface area (Å²) >= 11 is 6.06. The summed E-state index contributed by atoms with van der Waals surface area (Å²) in [7, 11) is 0. The largest absolute Gasteiger partial charge is 0.381 e. The Kier molecular flexibility index (Phi) is 3.98. The predicted octanol–water partition coefficient (Wildman–Crippen LogP) is 3.54. The predicted molar refractivity (Wildman–Crippen MR) is 89.7 cm³/mol. The van der Waals surface area contributed by atoms with E-state index in [4.69, 9.17) is 16.3 Å². The normalized spacial score (nSPS) is 25.6. The first kappa shape index (κ1) is 15.3. The van der Waals surface area contributed by atoms with Crippen LogP contribution in [0.3, 0.4) is 0 Å². The Morgan fingerprint density at radius 3 is 2.96 bits per heavy atom. The fourth-order valence-electron chi connectivity index (χ4n) is 4.30. The average Bonchev–Trinajstić information content (AvgIpc) is 3.13. The molecule has 2 saturated heterocycles. The van der Waals surface area contributed by atoms with Gasteiger partial charge in [0.25, 0.3) is 0 Å². The van der Waals surface area contributed by atoms with Crippen molar-refractivity contribution in [2.75, 3.05) is 26.3 Å². The highest BCUT2D eigenvalue weighted by molar-refractivity contribution is 6.30. The first-order valence-corrected chi connectivity index (χ1v) is 8.95. The van der Waals surface area contributed by atoms with E-state index in [1.165, 1.54) is 11.1 Å². The monoisotopic (exact) mass is 334 g/mol. The van der Waals surface area contributed by atoms with Gasteiger partial charge in [-0.15, -0.1) is 0 Å². The number of aryl methyl sites for hydroxylation is 1. The van der Waals surface area contributed by atoms with E-state index in [-0.39, 0.29) is 12.1 Å². The van der Waals surface area contributed by atoms with Crippen LogP contribution in [0, 0.1) is 5.41 Å². The number of carbonyl (C=O) groups is 1. The molecule has 0 radical (unpaired) electrons. The van der Waals surface area contributed by atoms with E-state index in [0.29, 0.717) is 5.41 Å². The molecule has 5 heteroatoms. The molecule has 1 unspecified atom stereocenters. The summed E-state index contributed by atoms with van der Waals surface area (Å²) in [5.41, 5.74) is 2.80. The van der Waals surface area contributed by atoms with E-state index in [1.54, 1.807) is 0 Å². The molecular formula is C18H23ClN2O2. The number of likely N-dealkylation sites (tertiary alicyclic amines) is 1. The highest BCUT2D eigenvalue weighted by atomic mass is 35.5. The second-order valence-corrected chi connectivity index (χ2v) is 7.60. The molecule has 0 bridgehead atoms. The second-order valence-electron chi connectivity index (χ2n) is 7.17. The molecule has 2 heterocycles. The molecule has 4 rings (SSSR count). The van der Waals surface area contributed by atoms with Gasteiger partial charge in [0.2, 0.25) is 0 Å². The summed E-state index contributed by atoms with van der Waals surface area (Å²) in [6.07, 6.45) is 5.24. The number of urea groups is 1. The van der Waals surface area contributed by atoms with Crippen LogP contribution in [-0.2, 0) is 11.2 Å². The van der Waals surface area contributed by atoms with Crippen molar-refractivity contribution in [2.24, 2.45) is 5.41 Å². The Labute approximate surface area is 142 Å². The molecule has 1 aromatic carbocycles. The minimum absolute atomic E-state index is 0.0844. The van der Waals surface area contributed by atoms with Crippen molar-refractivity contribution in [1.29, 1.82) is 0 Å². The molecule has 1 atom stereocenters. The number of carbonyl (C=O) groups excluding carboxylic acids is 1. The number of benzene rings is 1. The molecule has 1 N–H and O–H groups in total. The fraction of sp³-hybridized carbons (Fsp3) is 0.611. The maximum atomic E-state index is 12.7. The molecule has 1 aromatic rings. The average molecular weight is 335 g/mol. The standard InChI is InChI=1S/C18H23ClN2O2/c19-14-2-3-15-13(11-14)1-4-16(15)20-17(22)21-8-5-18(12-21)6-9-23-10-7-18/h2-3,11,16H,1,4-10,12H2,(H,20,22). The first-order chi connectivity index (χ1) is 11.2. The summed E-state index contributed by atoms with van der Waals surface area (Å²) in [6.45, 7) is 3.42. The molecular weight excluding hydrogens is 312 g/mol. The summed E-state index contributed by atoms with van der Waals surface area (Å²) in [5, 5.41) is 4.01. The number of amides is 2. The van der Waals surface area contributed by atoms with Crippen LogP contribution < -0.4 is 5.32 Å². The van der Waals surface area contributed by atoms with E-state index in [0.717, 1.165) is 63.4 Å². The quantitative estimate of drug-likeness (QED) is 0.853. The number of hydrogen-bond acceptors (Lipinski definition) is 2. The van der Waals surface area contributed by atoms with Crippen LogP contribution in [0.4, 0.5) is 4.79 Å². The Morgan fingerprint density at radius 1 is 1.30 bits per heavy atom. The first-order valence-electron chi connectivity index (χ1n) is 8.57. The topological polar surface area (TPSA) is 41.6 Å². The number of nitrogens with one attached hydrogen (secondary N) is 1. The van der Waals surface area contributed by atoms with Gasteiger partial charge in [0.1, 0.15) is 0 Å². The Hall–Kier alpha value is -1.26. The highest BCUT2D eigenvalue weighted by Gasteiger charge is 2.41. The minimum Gasteiger partial charge on any atom is -0.381 e. The molecule has 2 aliphatic heterocycles. The van der Waals surface area contributed by atoms with Gasteiger partial charge in [0.05, 0.1) is 6.04 Å². The Bertz CT molecular complexity index is 613. The molecule has 0 saturated carbocycles. The summed E-state index contributed by atoms with van der Waals surface area (Å²) in [6, 6.07) is 6.20. The van der Waals surface area contributed by atoms with Crippen molar-refractivity contribution >= 4 is 17.6 Å². The van der Waals surface area contributed by atoms with Crippen molar-refractivity contribution in [2.45, 2.75) is 38.1 Å². The van der Waals surface area contributed by atoms with Crippen LogP contribution in [0.1, 0.15) is 42.9 Å². The molecule has 1 spiro atoms. The Morgan fingerprint density at radius 2 is 2.13 bits per heavy atom. The summed E-state index contributed by atoms with van der Waals surface area (Å²) < 4.78 is 5.48. The fourth-order valence-corrected chi connectivity index (χ4v) is 4.49. The highest BCUT2D eigenvalue weighted by Crippen LogP contribution is 2.40. The second kappa shape index (κ2) is 5.99. The lowest BCUT2D eigenvalue weighted by Gasteiger charge is -2.33. The van der Waals surface area contributed by atoms with Crippen LogP contribution in [0.25, 0.3) is 0 Å². The lowest BCUT2D eigenvalue weighted by atomic mass is 9.80. The van der Waals surface area contributed by atoms with E-state index >= 15 is 0 Å².